The molecule has 0 aliphatic heterocycles. The number of hydrogen-bond donors (Lipinski definition) is 4. The van der Waals surface area contributed by atoms with Gasteiger partial charge < -0.3 is 20.5 Å². The van der Waals surface area contributed by atoms with Crippen molar-refractivity contribution in [2.75, 3.05) is 11.9 Å². The molecule has 8 nitrogen and oxygen atoms in total. The Balaban J connectivity index is 1.22. The maximum atomic E-state index is 13.3. The van der Waals surface area contributed by atoms with Gasteiger partial charge in [-0.3, -0.25) is 9.89 Å². The van der Waals surface area contributed by atoms with Gasteiger partial charge in [0.05, 0.1) is 19.1 Å². The fourth-order valence-electron chi connectivity index (χ4n) is 4.33. The summed E-state index contributed by atoms with van der Waals surface area (Å²) in [7, 11) is 0. The number of halogens is 2. The molecule has 1 heterocycles. The van der Waals surface area contributed by atoms with Crippen molar-refractivity contribution < 1.29 is 28.2 Å². The van der Waals surface area contributed by atoms with E-state index in [0.717, 1.165) is 43.2 Å². The number of carbonyl (C=O) groups excluding carboxylic acids is 2. The molecule has 0 radical (unpaired) electrons. The van der Waals surface area contributed by atoms with Gasteiger partial charge >= 0.3 is 6.09 Å². The average molecular weight is 448 g/mol. The lowest BCUT2D eigenvalue weighted by molar-refractivity contribution is -0.115. The first-order chi connectivity index (χ1) is 15.3. The summed E-state index contributed by atoms with van der Waals surface area (Å²) in [5.74, 6) is -1.17. The third-order valence-electron chi connectivity index (χ3n) is 6.01. The first-order valence-electron chi connectivity index (χ1n) is 10.8. The second-order valence-electron chi connectivity index (χ2n) is 8.65. The molecule has 2 fully saturated rings. The SMILES string of the molecule is O=C(Cc1cc(F)cc(F)c1)Nc1cc([C@@H]2CC[C@H](NC(=O)OCC3CC(O)C3)C2)[nH]n1. The highest BCUT2D eigenvalue weighted by molar-refractivity contribution is 5.91. The third kappa shape index (κ3) is 5.82. The van der Waals surface area contributed by atoms with E-state index in [-0.39, 0.29) is 36.0 Å². The van der Waals surface area contributed by atoms with E-state index in [1.165, 1.54) is 0 Å². The number of aliphatic hydroxyl groups excluding tert-OH is 1. The predicted octanol–water partition coefficient (Wildman–Crippen LogP) is 3.00. The van der Waals surface area contributed by atoms with Gasteiger partial charge in [0.1, 0.15) is 11.6 Å². The van der Waals surface area contributed by atoms with Crippen molar-refractivity contribution in [2.24, 2.45) is 5.92 Å². The van der Waals surface area contributed by atoms with Crippen molar-refractivity contribution in [3.05, 3.63) is 47.2 Å². The summed E-state index contributed by atoms with van der Waals surface area (Å²) in [4.78, 5) is 24.2. The van der Waals surface area contributed by atoms with Crippen LogP contribution >= 0.6 is 0 Å². The van der Waals surface area contributed by atoms with Crippen molar-refractivity contribution in [1.29, 1.82) is 0 Å². The van der Waals surface area contributed by atoms with E-state index < -0.39 is 23.6 Å². The van der Waals surface area contributed by atoms with Gasteiger partial charge in [0.25, 0.3) is 0 Å². The lowest BCUT2D eigenvalue weighted by atomic mass is 9.83. The van der Waals surface area contributed by atoms with Crippen LogP contribution in [0, 0.1) is 17.6 Å². The Labute approximate surface area is 183 Å². The van der Waals surface area contributed by atoms with Crippen molar-refractivity contribution in [1.82, 2.24) is 15.5 Å². The topological polar surface area (TPSA) is 116 Å². The molecule has 2 aromatic rings. The van der Waals surface area contributed by atoms with E-state index in [1.807, 2.05) is 0 Å². The number of aliphatic hydroxyl groups is 1. The van der Waals surface area contributed by atoms with Gasteiger partial charge in [0, 0.05) is 29.8 Å². The van der Waals surface area contributed by atoms with Gasteiger partial charge in [-0.2, -0.15) is 5.10 Å². The largest absolute Gasteiger partial charge is 0.449 e. The monoisotopic (exact) mass is 448 g/mol. The Kier molecular flexibility index (Phi) is 6.69. The molecule has 0 spiro atoms. The summed E-state index contributed by atoms with van der Waals surface area (Å²) in [5, 5.41) is 21.8. The summed E-state index contributed by atoms with van der Waals surface area (Å²) in [6.07, 6.45) is 2.83. The minimum Gasteiger partial charge on any atom is -0.449 e. The lowest BCUT2D eigenvalue weighted by Crippen LogP contribution is -2.37. The molecule has 0 unspecified atom stereocenters. The van der Waals surface area contributed by atoms with Crippen LogP contribution in [0.25, 0.3) is 0 Å². The van der Waals surface area contributed by atoms with E-state index in [2.05, 4.69) is 20.8 Å². The molecular formula is C22H26F2N4O4. The highest BCUT2D eigenvalue weighted by atomic mass is 19.1. The summed E-state index contributed by atoms with van der Waals surface area (Å²) in [5.41, 5.74) is 1.08. The first kappa shape index (κ1) is 22.2. The number of H-pyrrole nitrogens is 1. The van der Waals surface area contributed by atoms with E-state index in [0.29, 0.717) is 25.3 Å². The molecule has 0 saturated heterocycles. The summed E-state index contributed by atoms with van der Waals surface area (Å²) >= 11 is 0. The van der Waals surface area contributed by atoms with E-state index in [9.17, 15) is 23.5 Å². The van der Waals surface area contributed by atoms with Crippen LogP contribution in [-0.4, -0.2) is 46.1 Å². The van der Waals surface area contributed by atoms with Crippen LogP contribution in [0.2, 0.25) is 0 Å². The number of aromatic amines is 1. The number of carbonyl (C=O) groups is 2. The number of alkyl carbamates (subject to hydrolysis) is 1. The number of ether oxygens (including phenoxy) is 1. The molecule has 2 aliphatic rings. The molecule has 4 N–H and O–H groups in total. The quantitative estimate of drug-likeness (QED) is 0.520. The van der Waals surface area contributed by atoms with Gasteiger partial charge in [-0.1, -0.05) is 0 Å². The Morgan fingerprint density at radius 1 is 1.12 bits per heavy atom. The molecule has 2 aliphatic carbocycles. The second-order valence-corrected chi connectivity index (χ2v) is 8.65. The molecule has 2 amide bonds. The first-order valence-corrected chi connectivity index (χ1v) is 10.8. The molecule has 0 bridgehead atoms. The molecule has 4 rings (SSSR count). The summed E-state index contributed by atoms with van der Waals surface area (Å²) in [6.45, 7) is 0.324. The van der Waals surface area contributed by atoms with E-state index in [4.69, 9.17) is 4.74 Å². The lowest BCUT2D eigenvalue weighted by Gasteiger charge is -2.30. The fourth-order valence-corrected chi connectivity index (χ4v) is 4.33. The number of hydrogen-bond acceptors (Lipinski definition) is 5. The van der Waals surface area contributed by atoms with E-state index >= 15 is 0 Å². The van der Waals surface area contributed by atoms with Crippen LogP contribution < -0.4 is 10.6 Å². The fraction of sp³-hybridized carbons (Fsp3) is 0.500. The molecular weight excluding hydrogens is 422 g/mol. The minimum atomic E-state index is -0.732. The maximum Gasteiger partial charge on any atom is 0.407 e. The van der Waals surface area contributed by atoms with Crippen LogP contribution in [0.5, 0.6) is 0 Å². The number of aromatic nitrogens is 2. The zero-order chi connectivity index (χ0) is 22.7. The van der Waals surface area contributed by atoms with E-state index in [1.54, 1.807) is 6.07 Å². The molecule has 2 atom stereocenters. The highest BCUT2D eigenvalue weighted by Gasteiger charge is 2.31. The molecule has 1 aromatic carbocycles. The molecule has 1 aromatic heterocycles. The van der Waals surface area contributed by atoms with Crippen molar-refractivity contribution in [3.8, 4) is 0 Å². The number of amides is 2. The van der Waals surface area contributed by atoms with Crippen molar-refractivity contribution >= 4 is 17.8 Å². The number of nitrogens with zero attached hydrogens (tertiary/aromatic N) is 1. The van der Waals surface area contributed by atoms with Gasteiger partial charge in [-0.05, 0) is 55.7 Å². The number of rotatable bonds is 7. The average Bonchev–Trinajstić information content (AvgIpc) is 3.32. The van der Waals surface area contributed by atoms with Gasteiger partial charge in [0.2, 0.25) is 5.91 Å². The van der Waals surface area contributed by atoms with Crippen LogP contribution in [-0.2, 0) is 16.0 Å². The Morgan fingerprint density at radius 3 is 2.59 bits per heavy atom. The predicted molar refractivity (Wildman–Crippen MR) is 111 cm³/mol. The maximum absolute atomic E-state index is 13.3. The zero-order valence-electron chi connectivity index (χ0n) is 17.4. The standard InChI is InChI=1S/C22H26F2N4O4/c23-15-3-12(4-16(24)9-15)7-21(30)26-20-10-19(27-28-20)14-1-2-17(8-14)25-22(31)32-11-13-5-18(29)6-13/h3-4,9-10,13-14,17-18,29H,1-2,5-8,11H2,(H,25,31)(H2,26,27,28,30)/t13?,14-,17+,18?/m1/s1. The number of benzene rings is 1. The number of nitrogens with one attached hydrogen (secondary N) is 3. The van der Waals surface area contributed by atoms with Crippen LogP contribution in [0.15, 0.2) is 24.3 Å². The van der Waals surface area contributed by atoms with Crippen molar-refractivity contribution in [2.45, 2.75) is 56.6 Å². The van der Waals surface area contributed by atoms with Gasteiger partial charge in [0.15, 0.2) is 5.82 Å². The molecule has 172 valence electrons. The van der Waals surface area contributed by atoms with Crippen LogP contribution in [0.1, 0.15) is 49.3 Å². The minimum absolute atomic E-state index is 0.0105. The van der Waals surface area contributed by atoms with Gasteiger partial charge in [-0.15, -0.1) is 0 Å². The van der Waals surface area contributed by atoms with Crippen LogP contribution in [0.3, 0.4) is 0 Å². The van der Waals surface area contributed by atoms with Crippen molar-refractivity contribution in [3.63, 3.8) is 0 Å². The summed E-state index contributed by atoms with van der Waals surface area (Å²) in [6, 6.07) is 4.71. The second kappa shape index (κ2) is 9.64. The molecule has 2 saturated carbocycles. The Hall–Kier alpha value is -3.01. The van der Waals surface area contributed by atoms with Crippen LogP contribution in [0.4, 0.5) is 19.4 Å². The highest BCUT2D eigenvalue weighted by Crippen LogP contribution is 2.34. The molecule has 10 heteroatoms. The van der Waals surface area contributed by atoms with Gasteiger partial charge in [-0.25, -0.2) is 13.6 Å². The Morgan fingerprint density at radius 2 is 1.88 bits per heavy atom. The smallest absolute Gasteiger partial charge is 0.407 e. The summed E-state index contributed by atoms with van der Waals surface area (Å²) < 4.78 is 31.8. The third-order valence-corrected chi connectivity index (χ3v) is 6.01. The normalized spacial score (nSPS) is 24.6. The number of anilines is 1. The molecule has 32 heavy (non-hydrogen) atoms. The Bertz CT molecular complexity index is 956. The zero-order valence-corrected chi connectivity index (χ0v) is 17.4.